The minimum absolute atomic E-state index is 0. The smallest absolute Gasteiger partial charge is 0.0706 e. The largest absolute Gasteiger partial charge is 0.326 e. The first-order valence-electron chi connectivity index (χ1n) is 4.45. The van der Waals surface area contributed by atoms with E-state index in [4.69, 9.17) is 5.73 Å². The lowest BCUT2D eigenvalue weighted by Crippen LogP contribution is -1.96. The Balaban J connectivity index is 0.00000112. The lowest BCUT2D eigenvalue weighted by atomic mass is 10.1. The van der Waals surface area contributed by atoms with Crippen LogP contribution in [0.25, 0.3) is 11.3 Å². The Kier molecular flexibility index (Phi) is 6.65. The molecular weight excluding hydrogens is 245 g/mol. The van der Waals surface area contributed by atoms with Crippen LogP contribution in [0.3, 0.4) is 0 Å². The molecule has 0 radical (unpaired) electrons. The average Bonchev–Trinajstić information content (AvgIpc) is 2.30. The summed E-state index contributed by atoms with van der Waals surface area (Å²) in [4.78, 5) is 8.24. The number of hydrogen-bond donors (Lipinski definition) is 1. The van der Waals surface area contributed by atoms with E-state index in [1.807, 2.05) is 24.3 Å². The van der Waals surface area contributed by atoms with Crippen molar-refractivity contribution in [1.29, 1.82) is 0 Å². The Hall–Kier alpha value is -1.16. The fraction of sp³-hybridized carbons (Fsp3) is 0.0909. The zero-order valence-electron chi connectivity index (χ0n) is 8.54. The number of nitrogens with two attached hydrogens (primary N) is 1. The molecule has 0 spiro atoms. The summed E-state index contributed by atoms with van der Waals surface area (Å²) in [7, 11) is 0. The second kappa shape index (κ2) is 7.17. The van der Waals surface area contributed by atoms with E-state index in [1.54, 1.807) is 18.6 Å². The number of halogens is 2. The van der Waals surface area contributed by atoms with Gasteiger partial charge in [-0.05, 0) is 29.8 Å². The molecule has 0 saturated carbocycles. The molecule has 0 unspecified atom stereocenters. The minimum Gasteiger partial charge on any atom is -0.326 e. The van der Waals surface area contributed by atoms with E-state index in [9.17, 15) is 0 Å². The molecule has 0 fully saturated rings. The van der Waals surface area contributed by atoms with Gasteiger partial charge >= 0.3 is 0 Å². The van der Waals surface area contributed by atoms with Gasteiger partial charge in [0.25, 0.3) is 0 Å². The third-order valence-electron chi connectivity index (χ3n) is 2.04. The zero-order valence-corrected chi connectivity index (χ0v) is 10.2. The maximum Gasteiger partial charge on any atom is 0.0706 e. The Morgan fingerprint density at radius 1 is 1.00 bits per heavy atom. The summed E-state index contributed by atoms with van der Waals surface area (Å²) in [5.41, 5.74) is 8.65. The van der Waals surface area contributed by atoms with Crippen molar-refractivity contribution in [2.75, 3.05) is 0 Å². The van der Waals surface area contributed by atoms with Crippen molar-refractivity contribution in [2.24, 2.45) is 5.73 Å². The molecular formula is C11H13Cl2N3. The number of nitrogens with zero attached hydrogens (tertiary/aromatic N) is 2. The van der Waals surface area contributed by atoms with Crippen LogP contribution < -0.4 is 5.73 Å². The molecule has 0 aliphatic heterocycles. The molecule has 2 aromatic heterocycles. The first kappa shape index (κ1) is 14.8. The van der Waals surface area contributed by atoms with Crippen LogP contribution in [0, 0.1) is 0 Å². The Labute approximate surface area is 107 Å². The van der Waals surface area contributed by atoms with E-state index in [0.717, 1.165) is 16.8 Å². The predicted molar refractivity (Wildman–Crippen MR) is 69.9 cm³/mol. The van der Waals surface area contributed by atoms with Crippen LogP contribution in [0.5, 0.6) is 0 Å². The van der Waals surface area contributed by atoms with Gasteiger partial charge in [0.15, 0.2) is 0 Å². The summed E-state index contributed by atoms with van der Waals surface area (Å²) < 4.78 is 0. The van der Waals surface area contributed by atoms with Gasteiger partial charge in [-0.1, -0.05) is 0 Å². The van der Waals surface area contributed by atoms with Gasteiger partial charge in [-0.25, -0.2) is 0 Å². The molecule has 86 valence electrons. The van der Waals surface area contributed by atoms with Gasteiger partial charge in [-0.15, -0.1) is 24.8 Å². The summed E-state index contributed by atoms with van der Waals surface area (Å²) in [6.07, 6.45) is 5.29. The lowest BCUT2D eigenvalue weighted by Gasteiger charge is -2.01. The molecule has 0 atom stereocenters. The van der Waals surface area contributed by atoms with E-state index in [0.29, 0.717) is 6.54 Å². The number of rotatable bonds is 2. The number of hydrogen-bond acceptors (Lipinski definition) is 3. The minimum atomic E-state index is 0. The molecule has 16 heavy (non-hydrogen) atoms. The van der Waals surface area contributed by atoms with E-state index in [2.05, 4.69) is 9.97 Å². The molecule has 2 aromatic rings. The molecule has 0 bridgehead atoms. The molecule has 5 heteroatoms. The van der Waals surface area contributed by atoms with Crippen molar-refractivity contribution in [1.82, 2.24) is 9.97 Å². The summed E-state index contributed by atoms with van der Waals surface area (Å²) in [5, 5.41) is 0. The monoisotopic (exact) mass is 257 g/mol. The van der Waals surface area contributed by atoms with Gasteiger partial charge in [-0.2, -0.15) is 0 Å². The molecule has 0 aromatic carbocycles. The second-order valence-corrected chi connectivity index (χ2v) is 2.99. The van der Waals surface area contributed by atoms with E-state index >= 15 is 0 Å². The SMILES string of the molecule is Cl.Cl.NCc1ccnc(-c2ccncc2)c1. The standard InChI is InChI=1S/C11H11N3.2ClH/c12-8-9-1-6-14-11(7-9)10-2-4-13-5-3-10;;/h1-7H,8,12H2;2*1H. The van der Waals surface area contributed by atoms with Crippen molar-refractivity contribution in [3.8, 4) is 11.3 Å². The fourth-order valence-electron chi connectivity index (χ4n) is 1.28. The quantitative estimate of drug-likeness (QED) is 0.900. The Bertz CT molecular complexity index is 421. The van der Waals surface area contributed by atoms with Gasteiger partial charge in [0.1, 0.15) is 0 Å². The van der Waals surface area contributed by atoms with Gasteiger partial charge in [0, 0.05) is 30.7 Å². The highest BCUT2D eigenvalue weighted by Gasteiger charge is 1.98. The third-order valence-corrected chi connectivity index (χ3v) is 2.04. The summed E-state index contributed by atoms with van der Waals surface area (Å²) >= 11 is 0. The highest BCUT2D eigenvalue weighted by molar-refractivity contribution is 5.85. The molecule has 2 N–H and O–H groups in total. The third kappa shape index (κ3) is 3.45. The van der Waals surface area contributed by atoms with Crippen molar-refractivity contribution >= 4 is 24.8 Å². The van der Waals surface area contributed by atoms with Crippen LogP contribution in [0.4, 0.5) is 0 Å². The normalized spacial score (nSPS) is 8.81. The lowest BCUT2D eigenvalue weighted by molar-refractivity contribution is 1.06. The van der Waals surface area contributed by atoms with Gasteiger partial charge < -0.3 is 5.73 Å². The molecule has 0 aliphatic carbocycles. The maximum atomic E-state index is 5.56. The molecule has 0 amide bonds. The van der Waals surface area contributed by atoms with Crippen molar-refractivity contribution in [2.45, 2.75) is 6.54 Å². The molecule has 0 saturated heterocycles. The van der Waals surface area contributed by atoms with E-state index < -0.39 is 0 Å². The van der Waals surface area contributed by atoms with E-state index in [1.165, 1.54) is 0 Å². The van der Waals surface area contributed by atoms with Crippen LogP contribution >= 0.6 is 24.8 Å². The molecule has 3 nitrogen and oxygen atoms in total. The van der Waals surface area contributed by atoms with Crippen LogP contribution in [-0.2, 0) is 6.54 Å². The van der Waals surface area contributed by atoms with Crippen molar-refractivity contribution in [3.63, 3.8) is 0 Å². The van der Waals surface area contributed by atoms with Crippen molar-refractivity contribution < 1.29 is 0 Å². The highest BCUT2D eigenvalue weighted by atomic mass is 35.5. The molecule has 2 rings (SSSR count). The van der Waals surface area contributed by atoms with Crippen LogP contribution in [0.2, 0.25) is 0 Å². The highest BCUT2D eigenvalue weighted by Crippen LogP contribution is 2.15. The second-order valence-electron chi connectivity index (χ2n) is 2.99. The van der Waals surface area contributed by atoms with Gasteiger partial charge in [-0.3, -0.25) is 9.97 Å². The maximum absolute atomic E-state index is 5.56. The van der Waals surface area contributed by atoms with E-state index in [-0.39, 0.29) is 24.8 Å². The molecule has 2 heterocycles. The zero-order chi connectivity index (χ0) is 9.80. The topological polar surface area (TPSA) is 51.8 Å². The van der Waals surface area contributed by atoms with Crippen LogP contribution in [-0.4, -0.2) is 9.97 Å². The summed E-state index contributed by atoms with van der Waals surface area (Å²) in [6.45, 7) is 0.542. The number of pyridine rings is 2. The summed E-state index contributed by atoms with van der Waals surface area (Å²) in [5.74, 6) is 0. The van der Waals surface area contributed by atoms with Crippen LogP contribution in [0.1, 0.15) is 5.56 Å². The fourth-order valence-corrected chi connectivity index (χ4v) is 1.28. The first-order chi connectivity index (χ1) is 6.90. The van der Waals surface area contributed by atoms with Crippen molar-refractivity contribution in [3.05, 3.63) is 48.4 Å². The summed E-state index contributed by atoms with van der Waals surface area (Å²) in [6, 6.07) is 7.78. The number of aromatic nitrogens is 2. The van der Waals surface area contributed by atoms with Gasteiger partial charge in [0.2, 0.25) is 0 Å². The first-order valence-corrected chi connectivity index (χ1v) is 4.45. The Morgan fingerprint density at radius 2 is 1.69 bits per heavy atom. The molecule has 0 aliphatic rings. The van der Waals surface area contributed by atoms with Crippen LogP contribution in [0.15, 0.2) is 42.9 Å². The Morgan fingerprint density at radius 3 is 2.31 bits per heavy atom. The predicted octanol–water partition coefficient (Wildman–Crippen LogP) is 2.45. The van der Waals surface area contributed by atoms with Gasteiger partial charge in [0.05, 0.1) is 5.69 Å². The average molecular weight is 258 g/mol.